The lowest BCUT2D eigenvalue weighted by Crippen LogP contribution is -2.37. The minimum atomic E-state index is -0.394. The number of fused-ring (bicyclic) bond motifs is 1. The fraction of sp³-hybridized carbons (Fsp3) is 0.400. The van der Waals surface area contributed by atoms with Gasteiger partial charge in [-0.3, -0.25) is 4.79 Å². The molecule has 13 heteroatoms. The molecule has 1 saturated heterocycles. The first-order valence-electron chi connectivity index (χ1n) is 14.3. The Hall–Kier alpha value is -4.62. The minimum Gasteiger partial charge on any atom is -0.378 e. The van der Waals surface area contributed by atoms with Crippen LogP contribution in [-0.4, -0.2) is 107 Å². The van der Waals surface area contributed by atoms with Crippen LogP contribution in [0.25, 0.3) is 22.6 Å². The molecule has 0 atom stereocenters. The zero-order chi connectivity index (χ0) is 30.5. The molecule has 3 heterocycles. The molecular weight excluding hydrogens is 548 g/mol. The Morgan fingerprint density at radius 1 is 0.907 bits per heavy atom. The fourth-order valence-corrected chi connectivity index (χ4v) is 4.65. The number of ether oxygens (including phenoxy) is 1. The largest absolute Gasteiger partial charge is 0.378 e. The number of benzene rings is 2. The van der Waals surface area contributed by atoms with Gasteiger partial charge in [0.05, 0.1) is 19.3 Å². The lowest BCUT2D eigenvalue weighted by atomic mass is 10.2. The number of hydrogen-bond donors (Lipinski definition) is 2. The number of morpholine rings is 1. The lowest BCUT2D eigenvalue weighted by Gasteiger charge is -2.28. The number of nitrogens with one attached hydrogen (secondary N) is 2. The molecule has 43 heavy (non-hydrogen) atoms. The average molecular weight is 587 g/mol. The standard InChI is InChI=1S/C30H38N10O3/c1-20(2)40-28-25(35-36-40)27(39-16-18-43-19-17-39)33-26(34-28)21-6-10-23(11-7-21)31-30(42)32-24-12-8-22(9-13-24)29(41)38(5)15-14-37(3)4/h6-13,20H,14-19H2,1-5H3,(H2,31,32,42). The summed E-state index contributed by atoms with van der Waals surface area (Å²) in [5, 5.41) is 14.4. The van der Waals surface area contributed by atoms with Crippen molar-refractivity contribution in [1.82, 2.24) is 34.8 Å². The summed E-state index contributed by atoms with van der Waals surface area (Å²) in [5.41, 5.74) is 3.90. The first kappa shape index (κ1) is 29.9. The van der Waals surface area contributed by atoms with Gasteiger partial charge in [0.25, 0.3) is 5.91 Å². The second kappa shape index (κ2) is 13.1. The second-order valence-electron chi connectivity index (χ2n) is 11.0. The summed E-state index contributed by atoms with van der Waals surface area (Å²) in [4.78, 5) is 40.9. The quantitative estimate of drug-likeness (QED) is 0.302. The molecule has 3 amide bonds. The van der Waals surface area contributed by atoms with Crippen LogP contribution in [0, 0.1) is 0 Å². The molecule has 0 aliphatic carbocycles. The van der Waals surface area contributed by atoms with Crippen LogP contribution >= 0.6 is 0 Å². The highest BCUT2D eigenvalue weighted by molar-refractivity contribution is 6.00. The van der Waals surface area contributed by atoms with E-state index in [9.17, 15) is 9.59 Å². The molecule has 1 aliphatic rings. The normalized spacial score (nSPS) is 13.5. The van der Waals surface area contributed by atoms with E-state index in [1.165, 1.54) is 0 Å². The van der Waals surface area contributed by atoms with E-state index >= 15 is 0 Å². The second-order valence-corrected chi connectivity index (χ2v) is 11.0. The van der Waals surface area contributed by atoms with Crippen molar-refractivity contribution in [3.63, 3.8) is 0 Å². The van der Waals surface area contributed by atoms with Gasteiger partial charge in [-0.2, -0.15) is 0 Å². The van der Waals surface area contributed by atoms with Crippen molar-refractivity contribution in [2.45, 2.75) is 19.9 Å². The van der Waals surface area contributed by atoms with Crippen molar-refractivity contribution >= 4 is 40.3 Å². The lowest BCUT2D eigenvalue weighted by molar-refractivity contribution is 0.0786. The van der Waals surface area contributed by atoms with Crippen LogP contribution < -0.4 is 15.5 Å². The van der Waals surface area contributed by atoms with E-state index in [4.69, 9.17) is 14.7 Å². The Bertz CT molecular complexity index is 1560. The van der Waals surface area contributed by atoms with Gasteiger partial charge >= 0.3 is 6.03 Å². The Kier molecular flexibility index (Phi) is 9.12. The summed E-state index contributed by atoms with van der Waals surface area (Å²) in [6.07, 6.45) is 0. The first-order chi connectivity index (χ1) is 20.7. The number of likely N-dealkylation sites (N-methyl/N-ethyl adjacent to an activating group) is 2. The van der Waals surface area contributed by atoms with Gasteiger partial charge in [-0.05, 0) is 76.5 Å². The van der Waals surface area contributed by atoms with E-state index in [1.54, 1.807) is 53.0 Å². The average Bonchev–Trinajstić information content (AvgIpc) is 3.45. The van der Waals surface area contributed by atoms with Gasteiger partial charge in [0.2, 0.25) is 0 Å². The molecule has 2 aromatic carbocycles. The van der Waals surface area contributed by atoms with Gasteiger partial charge in [0.15, 0.2) is 22.8 Å². The molecule has 4 aromatic rings. The summed E-state index contributed by atoms with van der Waals surface area (Å²) in [6, 6.07) is 13.9. The Morgan fingerprint density at radius 2 is 1.53 bits per heavy atom. The number of carbonyl (C=O) groups excluding carboxylic acids is 2. The Labute approximate surface area is 250 Å². The Balaban J connectivity index is 1.26. The molecular formula is C30H38N10O3. The summed E-state index contributed by atoms with van der Waals surface area (Å²) in [7, 11) is 5.72. The van der Waals surface area contributed by atoms with Gasteiger partial charge in [-0.1, -0.05) is 5.21 Å². The van der Waals surface area contributed by atoms with Crippen LogP contribution in [0.15, 0.2) is 48.5 Å². The summed E-state index contributed by atoms with van der Waals surface area (Å²) < 4.78 is 7.33. The number of amides is 3. The summed E-state index contributed by atoms with van der Waals surface area (Å²) in [6.45, 7) is 8.16. The van der Waals surface area contributed by atoms with E-state index in [-0.39, 0.29) is 11.9 Å². The number of urea groups is 1. The van der Waals surface area contributed by atoms with Crippen molar-refractivity contribution in [2.75, 3.05) is 76.1 Å². The van der Waals surface area contributed by atoms with E-state index in [0.29, 0.717) is 66.8 Å². The van der Waals surface area contributed by atoms with Crippen LogP contribution in [0.5, 0.6) is 0 Å². The highest BCUT2D eigenvalue weighted by Gasteiger charge is 2.22. The smallest absolute Gasteiger partial charge is 0.323 e. The van der Waals surface area contributed by atoms with Crippen molar-refractivity contribution in [1.29, 1.82) is 0 Å². The van der Waals surface area contributed by atoms with E-state index < -0.39 is 6.03 Å². The zero-order valence-electron chi connectivity index (χ0n) is 25.2. The minimum absolute atomic E-state index is 0.0666. The van der Waals surface area contributed by atoms with Gasteiger partial charge in [0.1, 0.15) is 0 Å². The SMILES string of the molecule is CC(C)n1nnc2c(N3CCOCC3)nc(-c3ccc(NC(=O)Nc4ccc(C(=O)N(C)CCN(C)C)cc4)cc3)nc21. The number of anilines is 3. The van der Waals surface area contributed by atoms with E-state index in [1.807, 2.05) is 45.0 Å². The molecule has 0 radical (unpaired) electrons. The first-order valence-corrected chi connectivity index (χ1v) is 14.3. The maximum Gasteiger partial charge on any atom is 0.323 e. The zero-order valence-corrected chi connectivity index (χ0v) is 25.2. The summed E-state index contributed by atoms with van der Waals surface area (Å²) >= 11 is 0. The molecule has 5 rings (SSSR count). The predicted molar refractivity (Wildman–Crippen MR) is 167 cm³/mol. The Morgan fingerprint density at radius 3 is 2.14 bits per heavy atom. The van der Waals surface area contributed by atoms with Crippen LogP contribution in [0.1, 0.15) is 30.2 Å². The van der Waals surface area contributed by atoms with Gasteiger partial charge in [0, 0.05) is 55.7 Å². The number of hydrogen-bond acceptors (Lipinski definition) is 9. The van der Waals surface area contributed by atoms with Crippen LogP contribution in [0.4, 0.5) is 22.0 Å². The van der Waals surface area contributed by atoms with E-state index in [2.05, 4.69) is 25.8 Å². The van der Waals surface area contributed by atoms with Crippen LogP contribution in [-0.2, 0) is 4.74 Å². The molecule has 2 aromatic heterocycles. The van der Waals surface area contributed by atoms with E-state index in [0.717, 1.165) is 17.9 Å². The van der Waals surface area contributed by atoms with Crippen molar-refractivity contribution in [3.8, 4) is 11.4 Å². The predicted octanol–water partition coefficient (Wildman–Crippen LogP) is 3.58. The monoisotopic (exact) mass is 586 g/mol. The van der Waals surface area contributed by atoms with Gasteiger partial charge < -0.3 is 30.1 Å². The topological polar surface area (TPSA) is 134 Å². The van der Waals surface area contributed by atoms with Crippen molar-refractivity contribution in [3.05, 3.63) is 54.1 Å². The fourth-order valence-electron chi connectivity index (χ4n) is 4.65. The highest BCUT2D eigenvalue weighted by atomic mass is 16.5. The van der Waals surface area contributed by atoms with Crippen LogP contribution in [0.2, 0.25) is 0 Å². The van der Waals surface area contributed by atoms with Crippen molar-refractivity contribution in [2.24, 2.45) is 0 Å². The highest BCUT2D eigenvalue weighted by Crippen LogP contribution is 2.28. The molecule has 226 valence electrons. The van der Waals surface area contributed by atoms with Crippen molar-refractivity contribution < 1.29 is 14.3 Å². The summed E-state index contributed by atoms with van der Waals surface area (Å²) in [5.74, 6) is 1.23. The third-order valence-electron chi connectivity index (χ3n) is 7.13. The number of aromatic nitrogens is 5. The van der Waals surface area contributed by atoms with Gasteiger partial charge in [-0.25, -0.2) is 19.4 Å². The molecule has 0 bridgehead atoms. The van der Waals surface area contributed by atoms with Crippen LogP contribution in [0.3, 0.4) is 0 Å². The molecule has 0 spiro atoms. The maximum absolute atomic E-state index is 12.7. The molecule has 1 aliphatic heterocycles. The molecule has 2 N–H and O–H groups in total. The number of nitrogens with zero attached hydrogens (tertiary/aromatic N) is 8. The molecule has 1 fully saturated rings. The maximum atomic E-state index is 12.7. The number of rotatable bonds is 9. The number of carbonyl (C=O) groups is 2. The third-order valence-corrected chi connectivity index (χ3v) is 7.13. The molecule has 0 saturated carbocycles. The van der Waals surface area contributed by atoms with Gasteiger partial charge in [-0.15, -0.1) is 5.10 Å². The molecule has 0 unspecified atom stereocenters. The third kappa shape index (κ3) is 7.07. The molecule has 13 nitrogen and oxygen atoms in total.